The number of aromatic nitrogens is 2. The lowest BCUT2D eigenvalue weighted by molar-refractivity contribution is -0.0522. The number of benzene rings is 1. The van der Waals surface area contributed by atoms with Crippen molar-refractivity contribution in [3.05, 3.63) is 44.8 Å². The summed E-state index contributed by atoms with van der Waals surface area (Å²) in [6.07, 6.45) is 3.87. The molecule has 26 heavy (non-hydrogen) atoms. The fraction of sp³-hybridized carbons (Fsp3) is 0.500. The normalized spacial score (nSPS) is 19.7. The molecule has 140 valence electrons. The molecule has 1 atom stereocenters. The number of hydrogen-bond donors (Lipinski definition) is 1. The Labute approximate surface area is 163 Å². The van der Waals surface area contributed by atoms with E-state index in [1.54, 1.807) is 6.07 Å². The number of alkyl halides is 2. The van der Waals surface area contributed by atoms with Crippen molar-refractivity contribution >= 4 is 22.6 Å². The van der Waals surface area contributed by atoms with Crippen LogP contribution in [0.5, 0.6) is 5.75 Å². The SMILES string of the molecule is Fc1cc(CCC2NCCn3c(C4CC4)nc(I)c32)ccc1OC(F)F. The van der Waals surface area contributed by atoms with Gasteiger partial charge in [-0.2, -0.15) is 8.78 Å². The van der Waals surface area contributed by atoms with Gasteiger partial charge in [0.25, 0.3) is 0 Å². The molecular formula is C18H19F3IN3O. The number of hydrogen-bond acceptors (Lipinski definition) is 3. The molecule has 0 radical (unpaired) electrons. The van der Waals surface area contributed by atoms with Gasteiger partial charge in [0.2, 0.25) is 0 Å². The maximum atomic E-state index is 13.9. The minimum atomic E-state index is -3.02. The summed E-state index contributed by atoms with van der Waals surface area (Å²) < 4.78 is 45.9. The molecule has 0 spiro atoms. The maximum Gasteiger partial charge on any atom is 0.387 e. The van der Waals surface area contributed by atoms with E-state index in [0.717, 1.165) is 28.8 Å². The fourth-order valence-corrected chi connectivity index (χ4v) is 4.48. The first-order valence-corrected chi connectivity index (χ1v) is 9.83. The standard InChI is InChI=1S/C18H19F3IN3O/c19-12-9-10(2-6-14(12)26-18(20)21)1-5-13-15-16(22)24-17(11-3-4-11)25(15)8-7-23-13/h2,6,9,11,13,18,23H,1,3-5,7-8H2. The smallest absolute Gasteiger partial charge is 0.387 e. The lowest BCUT2D eigenvalue weighted by atomic mass is 10.0. The number of imidazole rings is 1. The Hall–Kier alpha value is -1.29. The summed E-state index contributed by atoms with van der Waals surface area (Å²) in [6.45, 7) is -1.20. The van der Waals surface area contributed by atoms with Gasteiger partial charge in [-0.25, -0.2) is 9.37 Å². The van der Waals surface area contributed by atoms with Crippen LogP contribution in [0.25, 0.3) is 0 Å². The first-order chi connectivity index (χ1) is 12.5. The van der Waals surface area contributed by atoms with Crippen LogP contribution in [0.3, 0.4) is 0 Å². The number of nitrogens with zero attached hydrogens (tertiary/aromatic N) is 2. The Bertz CT molecular complexity index is 807. The zero-order chi connectivity index (χ0) is 18.3. The van der Waals surface area contributed by atoms with Crippen molar-refractivity contribution in [1.82, 2.24) is 14.9 Å². The van der Waals surface area contributed by atoms with Crippen LogP contribution in [-0.4, -0.2) is 22.7 Å². The molecule has 4 nitrogen and oxygen atoms in total. The topological polar surface area (TPSA) is 39.1 Å². The summed E-state index contributed by atoms with van der Waals surface area (Å²) in [7, 11) is 0. The molecule has 2 aromatic rings. The summed E-state index contributed by atoms with van der Waals surface area (Å²) in [5, 5.41) is 3.53. The molecule has 1 aromatic heterocycles. The van der Waals surface area contributed by atoms with Crippen molar-refractivity contribution in [3.63, 3.8) is 0 Å². The Morgan fingerprint density at radius 1 is 1.35 bits per heavy atom. The van der Waals surface area contributed by atoms with Crippen molar-refractivity contribution < 1.29 is 17.9 Å². The average Bonchev–Trinajstić information content (AvgIpc) is 3.39. The molecule has 1 fully saturated rings. The van der Waals surface area contributed by atoms with Gasteiger partial charge in [-0.3, -0.25) is 0 Å². The lowest BCUT2D eigenvalue weighted by Crippen LogP contribution is -2.34. The van der Waals surface area contributed by atoms with Crippen molar-refractivity contribution in [3.8, 4) is 5.75 Å². The quantitative estimate of drug-likeness (QED) is 0.628. The number of aryl methyl sites for hydroxylation is 1. The third-order valence-electron chi connectivity index (χ3n) is 4.92. The molecule has 1 aromatic carbocycles. The second kappa shape index (κ2) is 7.38. The predicted octanol–water partition coefficient (Wildman–Crippen LogP) is 4.38. The second-order valence-electron chi connectivity index (χ2n) is 6.76. The second-order valence-corrected chi connectivity index (χ2v) is 7.78. The minimum Gasteiger partial charge on any atom is -0.432 e. The van der Waals surface area contributed by atoms with Crippen LogP contribution in [0, 0.1) is 9.52 Å². The van der Waals surface area contributed by atoms with Gasteiger partial charge in [0.05, 0.1) is 11.7 Å². The molecule has 1 aliphatic carbocycles. The van der Waals surface area contributed by atoms with Gasteiger partial charge in [0.15, 0.2) is 11.6 Å². The zero-order valence-corrected chi connectivity index (χ0v) is 16.2. The number of fused-ring (bicyclic) bond motifs is 1. The van der Waals surface area contributed by atoms with Crippen LogP contribution in [-0.2, 0) is 13.0 Å². The highest BCUT2D eigenvalue weighted by molar-refractivity contribution is 14.1. The molecule has 1 aliphatic heterocycles. The highest BCUT2D eigenvalue weighted by Crippen LogP contribution is 2.42. The Kier molecular flexibility index (Phi) is 5.13. The molecule has 0 saturated heterocycles. The minimum absolute atomic E-state index is 0.163. The van der Waals surface area contributed by atoms with E-state index in [1.165, 1.54) is 36.5 Å². The van der Waals surface area contributed by atoms with E-state index in [2.05, 4.69) is 37.2 Å². The molecule has 8 heteroatoms. The van der Waals surface area contributed by atoms with Crippen LogP contribution in [0.15, 0.2) is 18.2 Å². The van der Waals surface area contributed by atoms with E-state index >= 15 is 0 Å². The Morgan fingerprint density at radius 3 is 2.85 bits per heavy atom. The summed E-state index contributed by atoms with van der Waals surface area (Å²) in [4.78, 5) is 4.77. The van der Waals surface area contributed by atoms with E-state index in [1.807, 2.05) is 0 Å². The first kappa shape index (κ1) is 18.1. The molecule has 2 heterocycles. The van der Waals surface area contributed by atoms with Crippen LogP contribution in [0.4, 0.5) is 13.2 Å². The highest BCUT2D eigenvalue weighted by atomic mass is 127. The van der Waals surface area contributed by atoms with Crippen molar-refractivity contribution in [1.29, 1.82) is 0 Å². The number of ether oxygens (including phenoxy) is 1. The molecule has 1 unspecified atom stereocenters. The van der Waals surface area contributed by atoms with Gasteiger partial charge in [-0.05, 0) is 66.0 Å². The fourth-order valence-electron chi connectivity index (χ4n) is 3.56. The first-order valence-electron chi connectivity index (χ1n) is 8.75. The Balaban J connectivity index is 1.47. The van der Waals surface area contributed by atoms with Gasteiger partial charge in [0, 0.05) is 19.0 Å². The third-order valence-corrected chi connectivity index (χ3v) is 5.72. The number of nitrogens with one attached hydrogen (secondary N) is 1. The summed E-state index contributed by atoms with van der Waals surface area (Å²) in [5.74, 6) is 0.638. The van der Waals surface area contributed by atoms with Crippen LogP contribution in [0.2, 0.25) is 0 Å². The van der Waals surface area contributed by atoms with Crippen molar-refractivity contribution in [2.24, 2.45) is 0 Å². The van der Waals surface area contributed by atoms with E-state index < -0.39 is 18.2 Å². The van der Waals surface area contributed by atoms with Gasteiger partial charge in [0.1, 0.15) is 9.53 Å². The van der Waals surface area contributed by atoms with Crippen LogP contribution >= 0.6 is 22.6 Å². The van der Waals surface area contributed by atoms with Crippen molar-refractivity contribution in [2.45, 2.75) is 50.8 Å². The van der Waals surface area contributed by atoms with Gasteiger partial charge >= 0.3 is 6.61 Å². The lowest BCUT2D eigenvalue weighted by Gasteiger charge is -2.27. The van der Waals surface area contributed by atoms with Gasteiger partial charge < -0.3 is 14.6 Å². The molecule has 4 rings (SSSR count). The average molecular weight is 477 g/mol. The van der Waals surface area contributed by atoms with E-state index in [4.69, 9.17) is 4.98 Å². The molecule has 1 N–H and O–H groups in total. The number of halogens is 4. The summed E-state index contributed by atoms with van der Waals surface area (Å²) in [6, 6.07) is 4.35. The summed E-state index contributed by atoms with van der Waals surface area (Å²) in [5.41, 5.74) is 1.98. The third kappa shape index (κ3) is 3.71. The van der Waals surface area contributed by atoms with E-state index in [9.17, 15) is 13.2 Å². The maximum absolute atomic E-state index is 13.9. The Morgan fingerprint density at radius 2 is 2.15 bits per heavy atom. The zero-order valence-electron chi connectivity index (χ0n) is 14.0. The summed E-state index contributed by atoms with van der Waals surface area (Å²) >= 11 is 2.30. The van der Waals surface area contributed by atoms with Crippen molar-refractivity contribution in [2.75, 3.05) is 6.54 Å². The van der Waals surface area contributed by atoms with Gasteiger partial charge in [-0.1, -0.05) is 6.07 Å². The largest absolute Gasteiger partial charge is 0.432 e. The molecule has 0 bridgehead atoms. The van der Waals surface area contributed by atoms with Crippen LogP contribution in [0.1, 0.15) is 48.3 Å². The van der Waals surface area contributed by atoms with Crippen LogP contribution < -0.4 is 10.1 Å². The highest BCUT2D eigenvalue weighted by Gasteiger charge is 2.34. The molecular weight excluding hydrogens is 458 g/mol. The molecule has 0 amide bonds. The van der Waals surface area contributed by atoms with Gasteiger partial charge in [-0.15, -0.1) is 0 Å². The molecule has 2 aliphatic rings. The van der Waals surface area contributed by atoms with E-state index in [0.29, 0.717) is 12.3 Å². The monoisotopic (exact) mass is 477 g/mol. The predicted molar refractivity (Wildman–Crippen MR) is 99.0 cm³/mol. The number of rotatable bonds is 6. The molecule has 1 saturated carbocycles. The van der Waals surface area contributed by atoms with E-state index in [-0.39, 0.29) is 6.04 Å².